The highest BCUT2D eigenvalue weighted by molar-refractivity contribution is 5.74. The van der Waals surface area contributed by atoms with Crippen molar-refractivity contribution in [2.24, 2.45) is 32.5 Å². The Hall–Kier alpha value is -2.05. The van der Waals surface area contributed by atoms with E-state index >= 15 is 0 Å². The van der Waals surface area contributed by atoms with Gasteiger partial charge in [0.25, 0.3) is 5.56 Å². The minimum Gasteiger partial charge on any atom is -0.342 e. The Bertz CT molecular complexity index is 902. The van der Waals surface area contributed by atoms with Crippen LogP contribution in [0.1, 0.15) is 33.6 Å². The maximum absolute atomic E-state index is 12.5. The number of nitrogens with zero attached hydrogens (tertiary/aromatic N) is 5. The van der Waals surface area contributed by atoms with Gasteiger partial charge in [0, 0.05) is 34.2 Å². The summed E-state index contributed by atoms with van der Waals surface area (Å²) in [5.74, 6) is 1.43. The van der Waals surface area contributed by atoms with E-state index in [-0.39, 0.29) is 16.7 Å². The zero-order valence-corrected chi connectivity index (χ0v) is 15.5. The third-order valence-electron chi connectivity index (χ3n) is 5.15. The molecule has 3 heterocycles. The van der Waals surface area contributed by atoms with Crippen LogP contribution in [0.15, 0.2) is 9.59 Å². The lowest BCUT2D eigenvalue weighted by molar-refractivity contribution is 0.302. The van der Waals surface area contributed by atoms with Gasteiger partial charge in [-0.1, -0.05) is 20.8 Å². The SMILES string of the molecule is C[C@@H]1CCN(c2nc3c(c(=O)n(C)c(=O)n3C)n2C)CC(C)(C)C1. The minimum absolute atomic E-state index is 0.185. The van der Waals surface area contributed by atoms with E-state index in [4.69, 9.17) is 0 Å². The van der Waals surface area contributed by atoms with Gasteiger partial charge in [-0.05, 0) is 24.2 Å². The lowest BCUT2D eigenvalue weighted by Crippen LogP contribution is -2.37. The van der Waals surface area contributed by atoms with E-state index in [1.807, 2.05) is 11.6 Å². The molecule has 0 aromatic carbocycles. The number of aryl methyl sites for hydroxylation is 2. The second-order valence-electron chi connectivity index (χ2n) is 8.03. The second kappa shape index (κ2) is 5.50. The Labute approximate surface area is 141 Å². The van der Waals surface area contributed by atoms with Gasteiger partial charge in [-0.3, -0.25) is 13.9 Å². The Morgan fingerprint density at radius 3 is 2.42 bits per heavy atom. The molecule has 7 nitrogen and oxygen atoms in total. The molecule has 0 unspecified atom stereocenters. The van der Waals surface area contributed by atoms with Crippen LogP contribution in [-0.4, -0.2) is 31.8 Å². The molecule has 24 heavy (non-hydrogen) atoms. The topological polar surface area (TPSA) is 65.1 Å². The quantitative estimate of drug-likeness (QED) is 0.787. The van der Waals surface area contributed by atoms with E-state index in [1.165, 1.54) is 18.0 Å². The van der Waals surface area contributed by atoms with Crippen molar-refractivity contribution in [3.8, 4) is 0 Å². The number of hydrogen-bond acceptors (Lipinski definition) is 4. The maximum Gasteiger partial charge on any atom is 0.332 e. The van der Waals surface area contributed by atoms with Gasteiger partial charge in [-0.25, -0.2) is 4.79 Å². The van der Waals surface area contributed by atoms with Crippen LogP contribution in [0.4, 0.5) is 5.95 Å². The molecule has 1 saturated heterocycles. The molecule has 132 valence electrons. The zero-order chi connectivity index (χ0) is 17.8. The first-order valence-corrected chi connectivity index (χ1v) is 8.50. The van der Waals surface area contributed by atoms with Gasteiger partial charge in [0.1, 0.15) is 0 Å². The number of hydrogen-bond donors (Lipinski definition) is 0. The van der Waals surface area contributed by atoms with Crippen LogP contribution in [0.25, 0.3) is 11.2 Å². The molecule has 0 N–H and O–H groups in total. The molecule has 0 spiro atoms. The van der Waals surface area contributed by atoms with Crippen LogP contribution in [0.3, 0.4) is 0 Å². The monoisotopic (exact) mass is 333 g/mol. The molecule has 7 heteroatoms. The predicted octanol–water partition coefficient (Wildman–Crippen LogP) is 1.23. The fourth-order valence-corrected chi connectivity index (χ4v) is 4.04. The van der Waals surface area contributed by atoms with E-state index in [0.717, 1.165) is 30.0 Å². The van der Waals surface area contributed by atoms with Crippen molar-refractivity contribution in [3.05, 3.63) is 20.8 Å². The van der Waals surface area contributed by atoms with Crippen LogP contribution in [0, 0.1) is 11.3 Å². The molecule has 1 aliphatic heterocycles. The molecular weight excluding hydrogens is 306 g/mol. The summed E-state index contributed by atoms with van der Waals surface area (Å²) < 4.78 is 4.43. The van der Waals surface area contributed by atoms with Crippen molar-refractivity contribution in [2.75, 3.05) is 18.0 Å². The molecule has 3 rings (SSSR count). The van der Waals surface area contributed by atoms with Crippen LogP contribution >= 0.6 is 0 Å². The maximum atomic E-state index is 12.5. The van der Waals surface area contributed by atoms with Crippen molar-refractivity contribution in [1.29, 1.82) is 0 Å². The number of imidazole rings is 1. The average molecular weight is 333 g/mol. The lowest BCUT2D eigenvalue weighted by atomic mass is 9.83. The summed E-state index contributed by atoms with van der Waals surface area (Å²) >= 11 is 0. The molecule has 0 bridgehead atoms. The summed E-state index contributed by atoms with van der Waals surface area (Å²) in [6, 6.07) is 0. The molecule has 0 amide bonds. The van der Waals surface area contributed by atoms with Crippen LogP contribution < -0.4 is 16.1 Å². The molecule has 1 aliphatic rings. The van der Waals surface area contributed by atoms with E-state index < -0.39 is 0 Å². The Morgan fingerprint density at radius 2 is 1.75 bits per heavy atom. The van der Waals surface area contributed by atoms with Gasteiger partial charge >= 0.3 is 5.69 Å². The highest BCUT2D eigenvalue weighted by atomic mass is 16.2. The highest BCUT2D eigenvalue weighted by Gasteiger charge is 2.31. The van der Waals surface area contributed by atoms with Gasteiger partial charge in [-0.2, -0.15) is 4.98 Å². The fourth-order valence-electron chi connectivity index (χ4n) is 4.04. The normalized spacial score (nSPS) is 21.2. The number of rotatable bonds is 1. The van der Waals surface area contributed by atoms with E-state index in [0.29, 0.717) is 17.1 Å². The van der Waals surface area contributed by atoms with Crippen LogP contribution in [-0.2, 0) is 21.1 Å². The zero-order valence-electron chi connectivity index (χ0n) is 15.5. The van der Waals surface area contributed by atoms with Crippen molar-refractivity contribution in [3.63, 3.8) is 0 Å². The predicted molar refractivity (Wildman–Crippen MR) is 95.6 cm³/mol. The largest absolute Gasteiger partial charge is 0.342 e. The van der Waals surface area contributed by atoms with Gasteiger partial charge in [-0.15, -0.1) is 0 Å². The molecular formula is C17H27N5O2. The minimum atomic E-state index is -0.345. The first-order valence-electron chi connectivity index (χ1n) is 8.50. The van der Waals surface area contributed by atoms with Gasteiger partial charge in [0.05, 0.1) is 0 Å². The van der Waals surface area contributed by atoms with Gasteiger partial charge in [0.15, 0.2) is 11.2 Å². The first kappa shape index (κ1) is 16.8. The molecule has 1 fully saturated rings. The molecule has 0 saturated carbocycles. The Morgan fingerprint density at radius 1 is 1.08 bits per heavy atom. The first-order chi connectivity index (χ1) is 11.1. The van der Waals surface area contributed by atoms with Crippen molar-refractivity contribution >= 4 is 17.1 Å². The molecule has 0 aliphatic carbocycles. The van der Waals surface area contributed by atoms with E-state index in [1.54, 1.807) is 7.05 Å². The summed E-state index contributed by atoms with van der Waals surface area (Å²) in [4.78, 5) is 31.6. The number of anilines is 1. The summed E-state index contributed by atoms with van der Waals surface area (Å²) in [5, 5.41) is 0. The average Bonchev–Trinajstić information content (AvgIpc) is 2.76. The highest BCUT2D eigenvalue weighted by Crippen LogP contribution is 2.33. The van der Waals surface area contributed by atoms with Crippen LogP contribution in [0.5, 0.6) is 0 Å². The molecule has 1 atom stereocenters. The number of aromatic nitrogens is 4. The van der Waals surface area contributed by atoms with Crippen molar-refractivity contribution < 1.29 is 0 Å². The van der Waals surface area contributed by atoms with Crippen molar-refractivity contribution in [2.45, 2.75) is 33.6 Å². The fraction of sp³-hybridized carbons (Fsp3) is 0.706. The molecule has 0 radical (unpaired) electrons. The van der Waals surface area contributed by atoms with Gasteiger partial charge < -0.3 is 9.47 Å². The smallest absolute Gasteiger partial charge is 0.332 e. The molecule has 2 aromatic rings. The summed E-state index contributed by atoms with van der Waals surface area (Å²) in [7, 11) is 5.03. The van der Waals surface area contributed by atoms with Crippen LogP contribution in [0.2, 0.25) is 0 Å². The van der Waals surface area contributed by atoms with E-state index in [2.05, 4.69) is 30.7 Å². The number of fused-ring (bicyclic) bond motifs is 1. The van der Waals surface area contributed by atoms with Gasteiger partial charge in [0.2, 0.25) is 5.95 Å². The summed E-state index contributed by atoms with van der Waals surface area (Å²) in [6.07, 6.45) is 2.28. The Kier molecular flexibility index (Phi) is 3.85. The third-order valence-corrected chi connectivity index (χ3v) is 5.15. The summed E-state index contributed by atoms with van der Waals surface area (Å²) in [5.41, 5.74) is 0.476. The second-order valence-corrected chi connectivity index (χ2v) is 8.03. The Balaban J connectivity index is 2.19. The van der Waals surface area contributed by atoms with E-state index in [9.17, 15) is 9.59 Å². The summed E-state index contributed by atoms with van der Waals surface area (Å²) in [6.45, 7) is 8.65. The lowest BCUT2D eigenvalue weighted by Gasteiger charge is -2.30. The van der Waals surface area contributed by atoms with Crippen molar-refractivity contribution in [1.82, 2.24) is 18.7 Å². The molecule has 2 aromatic heterocycles. The standard InChI is InChI=1S/C17H27N5O2/c1-11-7-8-22(10-17(2,3)9-11)15-18-13-12(19(15)4)14(23)21(6)16(24)20(13)5/h11H,7-10H2,1-6H3/t11-/m1/s1. The third kappa shape index (κ3) is 2.56.